The zero-order valence-corrected chi connectivity index (χ0v) is 18.7. The Kier molecular flexibility index (Phi) is 8.66. The molecule has 0 aromatic heterocycles. The van der Waals surface area contributed by atoms with Gasteiger partial charge in [-0.2, -0.15) is 0 Å². The molecular formula is C24H42O2. The van der Waals surface area contributed by atoms with Gasteiger partial charge in [0.25, 0.3) is 0 Å². The van der Waals surface area contributed by atoms with Gasteiger partial charge in [0.05, 0.1) is 6.10 Å². The summed E-state index contributed by atoms with van der Waals surface area (Å²) in [5, 5.41) is 0. The van der Waals surface area contributed by atoms with Crippen molar-refractivity contribution in [1.29, 1.82) is 0 Å². The minimum Gasteiger partial charge on any atom is -0.465 e. The molecule has 0 saturated carbocycles. The minimum atomic E-state index is -0.217. The van der Waals surface area contributed by atoms with Gasteiger partial charge in [0.2, 0.25) is 0 Å². The fraction of sp³-hybridized carbons (Fsp3) is 0.750. The Morgan fingerprint density at radius 1 is 0.923 bits per heavy atom. The van der Waals surface area contributed by atoms with Crippen molar-refractivity contribution in [3.05, 3.63) is 29.8 Å². The van der Waals surface area contributed by atoms with Crippen LogP contribution in [-0.4, -0.2) is 12.4 Å². The molecule has 0 saturated heterocycles. The van der Waals surface area contributed by atoms with E-state index in [0.717, 1.165) is 25.0 Å². The molecule has 0 amide bonds. The molecule has 0 fully saturated rings. The second-order valence-corrected chi connectivity index (χ2v) is 9.89. The van der Waals surface area contributed by atoms with E-state index in [2.05, 4.69) is 79.7 Å². The number of ether oxygens (including phenoxy) is 2. The number of rotatable bonds is 9. The Labute approximate surface area is 162 Å². The first-order valence-electron chi connectivity index (χ1n) is 10.4. The molecule has 0 spiro atoms. The van der Waals surface area contributed by atoms with Gasteiger partial charge < -0.3 is 9.47 Å². The lowest BCUT2D eigenvalue weighted by Gasteiger charge is -2.36. The van der Waals surface area contributed by atoms with E-state index in [9.17, 15) is 0 Å². The second-order valence-electron chi connectivity index (χ2n) is 9.89. The summed E-state index contributed by atoms with van der Waals surface area (Å²) in [4.78, 5) is 0. The molecule has 0 aliphatic carbocycles. The van der Waals surface area contributed by atoms with Crippen molar-refractivity contribution in [3.63, 3.8) is 0 Å². The van der Waals surface area contributed by atoms with Crippen LogP contribution in [0.2, 0.25) is 0 Å². The summed E-state index contributed by atoms with van der Waals surface area (Å²) in [6.45, 7) is 20.3. The van der Waals surface area contributed by atoms with Crippen molar-refractivity contribution in [2.75, 3.05) is 0 Å². The van der Waals surface area contributed by atoms with Gasteiger partial charge in [0, 0.05) is 0 Å². The van der Waals surface area contributed by atoms with E-state index >= 15 is 0 Å². The van der Waals surface area contributed by atoms with Crippen LogP contribution in [0.5, 0.6) is 5.75 Å². The van der Waals surface area contributed by atoms with Crippen LogP contribution in [0.4, 0.5) is 0 Å². The maximum absolute atomic E-state index is 6.02. The Morgan fingerprint density at radius 3 is 1.92 bits per heavy atom. The van der Waals surface area contributed by atoms with E-state index in [1.807, 2.05) is 6.92 Å². The third-order valence-corrected chi connectivity index (χ3v) is 4.90. The Hall–Kier alpha value is -1.02. The van der Waals surface area contributed by atoms with Crippen LogP contribution in [0, 0.1) is 10.8 Å². The van der Waals surface area contributed by atoms with Crippen molar-refractivity contribution < 1.29 is 9.47 Å². The van der Waals surface area contributed by atoms with Crippen molar-refractivity contribution in [1.82, 2.24) is 0 Å². The maximum Gasteiger partial charge on any atom is 0.197 e. The number of hydrogen-bond acceptors (Lipinski definition) is 2. The van der Waals surface area contributed by atoms with Gasteiger partial charge in [-0.1, -0.05) is 73.9 Å². The Morgan fingerprint density at radius 2 is 1.50 bits per heavy atom. The van der Waals surface area contributed by atoms with Crippen molar-refractivity contribution in [3.8, 4) is 5.75 Å². The van der Waals surface area contributed by atoms with Crippen LogP contribution < -0.4 is 4.74 Å². The molecule has 26 heavy (non-hydrogen) atoms. The van der Waals surface area contributed by atoms with Gasteiger partial charge in [-0.3, -0.25) is 0 Å². The molecule has 3 atom stereocenters. The average molecular weight is 363 g/mol. The average Bonchev–Trinajstić information content (AvgIpc) is 2.51. The van der Waals surface area contributed by atoms with Crippen LogP contribution in [0.1, 0.15) is 99.5 Å². The van der Waals surface area contributed by atoms with Crippen molar-refractivity contribution in [2.45, 2.75) is 106 Å². The van der Waals surface area contributed by atoms with E-state index in [0.29, 0.717) is 11.3 Å². The molecule has 0 bridgehead atoms. The van der Waals surface area contributed by atoms with Crippen LogP contribution in [0.25, 0.3) is 0 Å². The van der Waals surface area contributed by atoms with Crippen LogP contribution in [-0.2, 0) is 4.74 Å². The molecule has 2 heteroatoms. The predicted octanol–water partition coefficient (Wildman–Crippen LogP) is 7.57. The molecule has 2 nitrogen and oxygen atoms in total. The normalized spacial score (nSPS) is 16.2. The fourth-order valence-corrected chi connectivity index (χ4v) is 3.50. The third-order valence-electron chi connectivity index (χ3n) is 4.90. The number of benzene rings is 1. The molecule has 0 N–H and O–H groups in total. The van der Waals surface area contributed by atoms with Crippen LogP contribution >= 0.6 is 0 Å². The smallest absolute Gasteiger partial charge is 0.197 e. The van der Waals surface area contributed by atoms with E-state index in [1.54, 1.807) is 0 Å². The minimum absolute atomic E-state index is 0.217. The van der Waals surface area contributed by atoms with Gasteiger partial charge in [-0.15, -0.1) is 0 Å². The molecule has 0 radical (unpaired) electrons. The molecular weight excluding hydrogens is 320 g/mol. The monoisotopic (exact) mass is 362 g/mol. The highest BCUT2D eigenvalue weighted by Gasteiger charge is 2.30. The summed E-state index contributed by atoms with van der Waals surface area (Å²) in [6.07, 6.45) is 4.49. The van der Waals surface area contributed by atoms with E-state index in [4.69, 9.17) is 9.47 Å². The first-order valence-corrected chi connectivity index (χ1v) is 10.4. The first kappa shape index (κ1) is 23.0. The Bertz CT molecular complexity index is 504. The van der Waals surface area contributed by atoms with E-state index in [1.165, 1.54) is 12.0 Å². The highest BCUT2D eigenvalue weighted by atomic mass is 16.7. The zero-order valence-electron chi connectivity index (χ0n) is 18.7. The van der Waals surface area contributed by atoms with Crippen molar-refractivity contribution >= 4 is 0 Å². The fourth-order valence-electron chi connectivity index (χ4n) is 3.50. The lowest BCUT2D eigenvalue weighted by molar-refractivity contribution is -0.110. The van der Waals surface area contributed by atoms with E-state index in [-0.39, 0.29) is 17.8 Å². The molecule has 150 valence electrons. The lowest BCUT2D eigenvalue weighted by atomic mass is 9.69. The van der Waals surface area contributed by atoms with E-state index < -0.39 is 0 Å². The van der Waals surface area contributed by atoms with Crippen molar-refractivity contribution in [2.24, 2.45) is 10.8 Å². The largest absolute Gasteiger partial charge is 0.465 e. The second kappa shape index (κ2) is 9.78. The molecule has 0 aliphatic rings. The van der Waals surface area contributed by atoms with Crippen LogP contribution in [0.15, 0.2) is 24.3 Å². The quantitative estimate of drug-likeness (QED) is 0.422. The third kappa shape index (κ3) is 8.12. The zero-order chi connectivity index (χ0) is 20.0. The standard InChI is InChI=1S/C24H42O2/c1-10-12-20(11-2)25-18(3)26-21-15-13-19(14-16-21)22(24(7,8)9)17-23(4,5)6/h13-16,18,20,22H,10-12,17H2,1-9H3. The maximum atomic E-state index is 6.02. The SMILES string of the molecule is CCCC(CC)OC(C)Oc1ccc(C(CC(C)(C)C)C(C)(C)C)cc1. The summed E-state index contributed by atoms with van der Waals surface area (Å²) in [5.74, 6) is 1.41. The molecule has 1 aromatic rings. The summed E-state index contributed by atoms with van der Waals surface area (Å²) in [7, 11) is 0. The van der Waals surface area contributed by atoms with Crippen LogP contribution in [0.3, 0.4) is 0 Å². The number of hydrogen-bond donors (Lipinski definition) is 0. The first-order chi connectivity index (χ1) is 12.0. The topological polar surface area (TPSA) is 18.5 Å². The summed E-state index contributed by atoms with van der Waals surface area (Å²) >= 11 is 0. The summed E-state index contributed by atoms with van der Waals surface area (Å²) in [5.41, 5.74) is 1.94. The molecule has 1 rings (SSSR count). The highest BCUT2D eigenvalue weighted by Crippen LogP contribution is 2.43. The Balaban J connectivity index is 2.79. The van der Waals surface area contributed by atoms with Gasteiger partial charge in [-0.25, -0.2) is 0 Å². The van der Waals surface area contributed by atoms with Gasteiger partial charge in [0.1, 0.15) is 5.75 Å². The molecule has 0 heterocycles. The highest BCUT2D eigenvalue weighted by molar-refractivity contribution is 5.30. The van der Waals surface area contributed by atoms with Gasteiger partial charge in [-0.05, 0) is 60.6 Å². The summed E-state index contributed by atoms with van der Waals surface area (Å²) < 4.78 is 12.0. The molecule has 1 aromatic carbocycles. The molecule has 0 aliphatic heterocycles. The lowest BCUT2D eigenvalue weighted by Crippen LogP contribution is -2.24. The predicted molar refractivity (Wildman–Crippen MR) is 113 cm³/mol. The van der Waals surface area contributed by atoms with Gasteiger partial charge >= 0.3 is 0 Å². The molecule has 3 unspecified atom stereocenters. The summed E-state index contributed by atoms with van der Waals surface area (Å²) in [6, 6.07) is 8.65. The van der Waals surface area contributed by atoms with Gasteiger partial charge in [0.15, 0.2) is 6.29 Å².